The van der Waals surface area contributed by atoms with Gasteiger partial charge in [0.05, 0.1) is 14.2 Å². The second-order valence-corrected chi connectivity index (χ2v) is 4.32. The Hall–Kier alpha value is -1.36. The Kier molecular flexibility index (Phi) is 3.64. The Bertz CT molecular complexity index is 302. The van der Waals surface area contributed by atoms with Gasteiger partial charge in [-0.15, -0.1) is 0 Å². The smallest absolute Gasteiger partial charge is 0.376 e. The molecule has 1 aromatic rings. The monoisotopic (exact) mass is 215 g/mol. The van der Waals surface area contributed by atoms with Crippen LogP contribution in [0.3, 0.4) is 0 Å². The van der Waals surface area contributed by atoms with Crippen molar-refractivity contribution in [3.05, 3.63) is 22.9 Å². The van der Waals surface area contributed by atoms with Crippen LogP contribution in [0.4, 0.5) is 0 Å². The fourth-order valence-corrected chi connectivity index (χ4v) is 2.59. The van der Waals surface area contributed by atoms with Crippen LogP contribution in [0, 0.1) is 0 Å². The van der Waals surface area contributed by atoms with E-state index in [0.29, 0.717) is 0 Å². The average Bonchev–Trinajstić information content (AvgIpc) is 2.70. The topological polar surface area (TPSA) is 52.6 Å². The molecule has 0 N–H and O–H groups in total. The predicted octanol–water partition coefficient (Wildman–Crippen LogP) is 1.32. The van der Waals surface area contributed by atoms with Crippen molar-refractivity contribution in [3.63, 3.8) is 0 Å². The molecule has 0 atom stereocenters. The Morgan fingerprint density at radius 2 is 1.50 bits per heavy atom. The van der Waals surface area contributed by atoms with Crippen molar-refractivity contribution in [3.8, 4) is 0 Å². The van der Waals surface area contributed by atoms with E-state index in [-0.39, 0.29) is 0 Å². The van der Waals surface area contributed by atoms with E-state index in [0.717, 1.165) is 0 Å². The number of carbonyl (C=O) groups is 2. The lowest BCUT2D eigenvalue weighted by Crippen LogP contribution is -2.20. The first-order chi connectivity index (χ1) is 6.70. The molecule has 0 aromatic carbocycles. The summed E-state index contributed by atoms with van der Waals surface area (Å²) in [7, 11) is 1.97. The highest BCUT2D eigenvalue weighted by molar-refractivity contribution is 7.31. The van der Waals surface area contributed by atoms with E-state index in [9.17, 15) is 9.59 Å². The molecule has 0 bridgehead atoms. The van der Waals surface area contributed by atoms with Crippen LogP contribution >= 0.6 is 10.5 Å². The Labute approximate surface area is 84.4 Å². The summed E-state index contributed by atoms with van der Waals surface area (Å²) < 4.78 is 9.09. The molecule has 1 heterocycles. The summed E-state index contributed by atoms with van der Waals surface area (Å²) >= 11 is 0. The molecule has 1 rings (SSSR count). The molecule has 0 spiro atoms. The van der Waals surface area contributed by atoms with Crippen molar-refractivity contribution < 1.29 is 19.1 Å². The van der Waals surface area contributed by atoms with E-state index < -0.39 is 27.7 Å². The van der Waals surface area contributed by atoms with Gasteiger partial charge in [-0.25, -0.2) is 9.59 Å². The molecule has 0 amide bonds. The van der Waals surface area contributed by atoms with E-state index in [4.69, 9.17) is 0 Å². The highest BCUT2D eigenvalue weighted by atomic mass is 32.2. The first-order valence-corrected chi connectivity index (χ1v) is 5.33. The molecule has 0 fully saturated rings. The van der Waals surface area contributed by atoms with Crippen LogP contribution in [-0.4, -0.2) is 26.2 Å². The van der Waals surface area contributed by atoms with Crippen molar-refractivity contribution >= 4 is 22.4 Å². The largest absolute Gasteiger partial charge is 0.465 e. The van der Waals surface area contributed by atoms with E-state index in [2.05, 4.69) is 9.47 Å². The molecule has 0 aliphatic heterocycles. The van der Waals surface area contributed by atoms with Crippen molar-refractivity contribution in [1.82, 2.24) is 0 Å². The Morgan fingerprint density at radius 3 is 1.86 bits per heavy atom. The van der Waals surface area contributed by atoms with Gasteiger partial charge in [0.25, 0.3) is 0 Å². The van der Waals surface area contributed by atoms with Gasteiger partial charge < -0.3 is 9.47 Å². The van der Waals surface area contributed by atoms with Gasteiger partial charge in [0.15, 0.2) is 0 Å². The highest BCUT2D eigenvalue weighted by Crippen LogP contribution is 2.32. The summed E-state index contributed by atoms with van der Waals surface area (Å²) in [5, 5.41) is 2.72. The summed E-state index contributed by atoms with van der Waals surface area (Å²) in [5.74, 6) is -1.12. The summed E-state index contributed by atoms with van der Waals surface area (Å²) in [6.45, 7) is 0. The van der Waals surface area contributed by atoms with Crippen molar-refractivity contribution in [2.24, 2.45) is 0 Å². The second kappa shape index (κ2) is 4.76. The number of carbonyl (C=O) groups excluding carboxylic acids is 2. The van der Waals surface area contributed by atoms with E-state index in [1.165, 1.54) is 14.2 Å². The highest BCUT2D eigenvalue weighted by Gasteiger charge is 2.38. The number of methoxy groups -OCH3 is 2. The maximum absolute atomic E-state index is 11.3. The Morgan fingerprint density at radius 1 is 1.07 bits per heavy atom. The lowest BCUT2D eigenvalue weighted by atomic mass is 10.4. The normalized spacial score (nSPS) is 9.93. The molecule has 0 unspecified atom stereocenters. The third-order valence-corrected chi connectivity index (χ3v) is 3.56. The summed E-state index contributed by atoms with van der Waals surface area (Å²) in [6, 6.07) is 3.59. The third-order valence-electron chi connectivity index (χ3n) is 1.69. The van der Waals surface area contributed by atoms with Crippen LogP contribution in [0.2, 0.25) is 0 Å². The Balaban J connectivity index is 2.94. The molecule has 0 saturated carbocycles. The number of esters is 2. The first kappa shape index (κ1) is 10.7. The van der Waals surface area contributed by atoms with Crippen molar-refractivity contribution in [2.75, 3.05) is 14.2 Å². The predicted molar refractivity (Wildman–Crippen MR) is 52.0 cm³/mol. The van der Waals surface area contributed by atoms with Gasteiger partial charge in [0.2, 0.25) is 0 Å². The van der Waals surface area contributed by atoms with Gasteiger partial charge in [-0.1, -0.05) is 0 Å². The number of thiophene rings is 1. The molecule has 0 saturated heterocycles. The molecule has 0 aliphatic rings. The van der Waals surface area contributed by atoms with Crippen molar-refractivity contribution in [1.29, 1.82) is 0 Å². The van der Waals surface area contributed by atoms with Gasteiger partial charge in [-0.05, 0) is 12.1 Å². The van der Waals surface area contributed by atoms with E-state index in [1.54, 1.807) is 22.9 Å². The van der Waals surface area contributed by atoms with Gasteiger partial charge in [0.1, 0.15) is 10.8 Å². The van der Waals surface area contributed by atoms with E-state index >= 15 is 0 Å². The minimum atomic E-state index is -0.861. The zero-order valence-corrected chi connectivity index (χ0v) is 8.74. The molecule has 14 heavy (non-hydrogen) atoms. The van der Waals surface area contributed by atoms with E-state index in [1.807, 2.05) is 0 Å². The van der Waals surface area contributed by atoms with Gasteiger partial charge in [0, 0.05) is 10.5 Å². The molecule has 0 aliphatic carbocycles. The summed E-state index contributed by atoms with van der Waals surface area (Å²) in [4.78, 5) is 22.6. The summed E-state index contributed by atoms with van der Waals surface area (Å²) in [6.07, 6.45) is 0. The minimum absolute atomic E-state index is 0.535. The van der Waals surface area contributed by atoms with Crippen molar-refractivity contribution in [2.45, 2.75) is 5.25 Å². The lowest BCUT2D eigenvalue weighted by Gasteiger charge is -2.04. The SMILES string of the molecule is COC(=O)C(C(=O)OC)[s+]1cccc1. The quantitative estimate of drug-likeness (QED) is 0.433. The minimum Gasteiger partial charge on any atom is -0.465 e. The molecular formula is C9H11O4S+. The average molecular weight is 215 g/mol. The third kappa shape index (κ3) is 2.11. The lowest BCUT2D eigenvalue weighted by molar-refractivity contribution is -0.152. The van der Waals surface area contributed by atoms with Crippen LogP contribution in [-0.2, 0) is 19.1 Å². The number of hydrogen-bond acceptors (Lipinski definition) is 4. The van der Waals surface area contributed by atoms with Crippen LogP contribution in [0.25, 0.3) is 0 Å². The molecular weight excluding hydrogens is 204 g/mol. The maximum atomic E-state index is 11.3. The fourth-order valence-electron chi connectivity index (χ4n) is 1.01. The van der Waals surface area contributed by atoms with Crippen LogP contribution in [0.15, 0.2) is 22.9 Å². The maximum Gasteiger partial charge on any atom is 0.376 e. The fraction of sp³-hybridized carbons (Fsp3) is 0.333. The van der Waals surface area contributed by atoms with Crippen LogP contribution in [0.1, 0.15) is 5.25 Å². The van der Waals surface area contributed by atoms with Gasteiger partial charge >= 0.3 is 17.2 Å². The molecule has 4 nitrogen and oxygen atoms in total. The molecule has 5 heteroatoms. The molecule has 1 aromatic heterocycles. The number of rotatable bonds is 3. The molecule has 76 valence electrons. The van der Waals surface area contributed by atoms with Crippen LogP contribution in [0.5, 0.6) is 0 Å². The van der Waals surface area contributed by atoms with Crippen LogP contribution < -0.4 is 0 Å². The zero-order valence-electron chi connectivity index (χ0n) is 7.93. The number of ether oxygens (including phenoxy) is 2. The standard InChI is InChI=1S/C9H11O4S/c1-12-8(10)7(9(11)13-2)14-5-3-4-6-14/h3-7H,1-2H3/q+1. The second-order valence-electron chi connectivity index (χ2n) is 2.49. The molecule has 0 radical (unpaired) electrons. The van der Waals surface area contributed by atoms with Gasteiger partial charge in [-0.2, -0.15) is 0 Å². The number of hydrogen-bond donors (Lipinski definition) is 0. The first-order valence-electron chi connectivity index (χ1n) is 3.92. The zero-order chi connectivity index (χ0) is 10.6. The summed E-state index contributed by atoms with van der Waals surface area (Å²) in [5.41, 5.74) is 0. The van der Waals surface area contributed by atoms with Gasteiger partial charge in [-0.3, -0.25) is 0 Å².